The van der Waals surface area contributed by atoms with Crippen LogP contribution in [-0.2, 0) is 17.6 Å². The fourth-order valence-corrected chi connectivity index (χ4v) is 3.88. The van der Waals surface area contributed by atoms with E-state index in [2.05, 4.69) is 5.32 Å². The highest BCUT2D eigenvalue weighted by Crippen LogP contribution is 2.23. The Morgan fingerprint density at radius 2 is 1.79 bits per heavy atom. The van der Waals surface area contributed by atoms with Crippen molar-refractivity contribution >= 4 is 23.4 Å². The number of nitrogens with zero attached hydrogens (tertiary/aromatic N) is 2. The Morgan fingerprint density at radius 3 is 2.52 bits per heavy atom. The molecular weight excluding hydrogens is 386 g/mol. The summed E-state index contributed by atoms with van der Waals surface area (Å²) in [6.07, 6.45) is 0. The molecule has 0 fully saturated rings. The molecule has 1 amide bonds. The van der Waals surface area contributed by atoms with Crippen LogP contribution in [0.1, 0.15) is 18.2 Å². The third-order valence-electron chi connectivity index (χ3n) is 4.58. The molecule has 3 aromatic rings. The van der Waals surface area contributed by atoms with Crippen molar-refractivity contribution in [1.29, 1.82) is 0 Å². The van der Waals surface area contributed by atoms with Crippen LogP contribution in [0.25, 0.3) is 5.69 Å². The van der Waals surface area contributed by atoms with E-state index < -0.39 is 0 Å². The molecule has 0 bridgehead atoms. The second-order valence-corrected chi connectivity index (χ2v) is 7.50. The monoisotopic (exact) mass is 411 g/mol. The average molecular weight is 412 g/mol. The molecular formula is C22H25N3O3S. The van der Waals surface area contributed by atoms with Gasteiger partial charge in [-0.05, 0) is 32.0 Å². The van der Waals surface area contributed by atoms with E-state index in [0.29, 0.717) is 23.7 Å². The minimum absolute atomic E-state index is 0.199. The summed E-state index contributed by atoms with van der Waals surface area (Å²) in [5.41, 5.74) is 2.59. The topological polar surface area (TPSA) is 65.3 Å². The standard InChI is InChI=1S/C22H25N3O3S/c1-4-28-19-13-9-8-10-17(19)14-29-15-20(26)23-21-16(2)24(3)25(22(21)27)18-11-6-5-7-12-18/h5-13H,4,14-15H2,1-3H3,(H,23,26). The Bertz CT molecular complexity index is 1040. The first-order valence-electron chi connectivity index (χ1n) is 9.45. The number of rotatable bonds is 8. The van der Waals surface area contributed by atoms with Gasteiger partial charge in [-0.3, -0.25) is 14.3 Å². The summed E-state index contributed by atoms with van der Waals surface area (Å²) in [5.74, 6) is 1.55. The number of ether oxygens (including phenoxy) is 1. The second-order valence-electron chi connectivity index (χ2n) is 6.52. The number of nitrogens with one attached hydrogen (secondary N) is 1. The lowest BCUT2D eigenvalue weighted by Gasteiger charge is -2.09. The van der Waals surface area contributed by atoms with Crippen molar-refractivity contribution in [2.24, 2.45) is 7.05 Å². The first-order chi connectivity index (χ1) is 14.0. The summed E-state index contributed by atoms with van der Waals surface area (Å²) >= 11 is 1.49. The number of aromatic nitrogens is 2. The molecule has 1 heterocycles. The molecule has 29 heavy (non-hydrogen) atoms. The molecule has 3 rings (SSSR count). The van der Waals surface area contributed by atoms with Crippen LogP contribution in [0.2, 0.25) is 0 Å². The number of para-hydroxylation sites is 2. The van der Waals surface area contributed by atoms with E-state index in [-0.39, 0.29) is 17.2 Å². The van der Waals surface area contributed by atoms with Crippen molar-refractivity contribution in [2.75, 3.05) is 17.7 Å². The highest BCUT2D eigenvalue weighted by molar-refractivity contribution is 7.99. The van der Waals surface area contributed by atoms with Crippen molar-refractivity contribution in [2.45, 2.75) is 19.6 Å². The molecule has 0 aliphatic heterocycles. The summed E-state index contributed by atoms with van der Waals surface area (Å²) < 4.78 is 8.92. The van der Waals surface area contributed by atoms with Crippen molar-refractivity contribution in [1.82, 2.24) is 9.36 Å². The van der Waals surface area contributed by atoms with Gasteiger partial charge in [-0.25, -0.2) is 4.68 Å². The lowest BCUT2D eigenvalue weighted by Crippen LogP contribution is -2.23. The van der Waals surface area contributed by atoms with Crippen LogP contribution in [-0.4, -0.2) is 27.6 Å². The van der Waals surface area contributed by atoms with Crippen molar-refractivity contribution in [3.8, 4) is 11.4 Å². The number of carbonyl (C=O) groups excluding carboxylic acids is 1. The Kier molecular flexibility index (Phi) is 6.82. The fourth-order valence-electron chi connectivity index (χ4n) is 3.06. The van der Waals surface area contributed by atoms with Gasteiger partial charge in [0.15, 0.2) is 0 Å². The molecule has 0 saturated carbocycles. The molecule has 152 valence electrons. The third kappa shape index (κ3) is 4.74. The van der Waals surface area contributed by atoms with Gasteiger partial charge in [-0.1, -0.05) is 36.4 Å². The lowest BCUT2D eigenvalue weighted by molar-refractivity contribution is -0.113. The van der Waals surface area contributed by atoms with Crippen LogP contribution in [0.15, 0.2) is 59.4 Å². The first kappa shape index (κ1) is 20.8. The van der Waals surface area contributed by atoms with Crippen LogP contribution in [0.5, 0.6) is 5.75 Å². The fraction of sp³-hybridized carbons (Fsp3) is 0.273. The molecule has 0 spiro atoms. The first-order valence-corrected chi connectivity index (χ1v) is 10.6. The maximum atomic E-state index is 12.9. The Balaban J connectivity index is 1.67. The minimum atomic E-state index is -0.240. The van der Waals surface area contributed by atoms with Crippen LogP contribution in [0.4, 0.5) is 5.69 Å². The molecule has 0 saturated heterocycles. The number of anilines is 1. The molecule has 0 radical (unpaired) electrons. The number of hydrogen-bond acceptors (Lipinski definition) is 4. The normalized spacial score (nSPS) is 10.7. The summed E-state index contributed by atoms with van der Waals surface area (Å²) in [6.45, 7) is 4.37. The molecule has 7 heteroatoms. The summed E-state index contributed by atoms with van der Waals surface area (Å²) in [7, 11) is 1.80. The molecule has 1 aromatic heterocycles. The second kappa shape index (κ2) is 9.52. The average Bonchev–Trinajstić information content (AvgIpc) is 2.93. The van der Waals surface area contributed by atoms with E-state index in [9.17, 15) is 9.59 Å². The smallest absolute Gasteiger partial charge is 0.295 e. The predicted molar refractivity (Wildman–Crippen MR) is 118 cm³/mol. The molecule has 0 atom stereocenters. The van der Waals surface area contributed by atoms with E-state index in [1.54, 1.807) is 16.4 Å². The molecule has 2 aromatic carbocycles. The molecule has 0 aliphatic carbocycles. The van der Waals surface area contributed by atoms with Crippen LogP contribution in [0.3, 0.4) is 0 Å². The zero-order chi connectivity index (χ0) is 20.8. The van der Waals surface area contributed by atoms with Gasteiger partial charge in [-0.15, -0.1) is 11.8 Å². The van der Waals surface area contributed by atoms with E-state index in [4.69, 9.17) is 4.74 Å². The number of hydrogen-bond donors (Lipinski definition) is 1. The zero-order valence-electron chi connectivity index (χ0n) is 16.8. The Morgan fingerprint density at radius 1 is 1.10 bits per heavy atom. The van der Waals surface area contributed by atoms with E-state index in [1.807, 2.05) is 68.4 Å². The van der Waals surface area contributed by atoms with Crippen LogP contribution < -0.4 is 15.6 Å². The third-order valence-corrected chi connectivity index (χ3v) is 5.56. The number of carbonyl (C=O) groups is 1. The summed E-state index contributed by atoms with van der Waals surface area (Å²) in [6, 6.07) is 17.2. The molecule has 0 unspecified atom stereocenters. The van der Waals surface area contributed by atoms with Crippen molar-refractivity contribution in [3.05, 3.63) is 76.2 Å². The van der Waals surface area contributed by atoms with Crippen LogP contribution >= 0.6 is 11.8 Å². The van der Waals surface area contributed by atoms with Gasteiger partial charge in [0, 0.05) is 18.4 Å². The molecule has 6 nitrogen and oxygen atoms in total. The van der Waals surface area contributed by atoms with Crippen molar-refractivity contribution < 1.29 is 9.53 Å². The lowest BCUT2D eigenvalue weighted by atomic mass is 10.2. The van der Waals surface area contributed by atoms with Crippen molar-refractivity contribution in [3.63, 3.8) is 0 Å². The SMILES string of the molecule is CCOc1ccccc1CSCC(=O)Nc1c(C)n(C)n(-c2ccccc2)c1=O. The van der Waals surface area contributed by atoms with Gasteiger partial charge in [0.25, 0.3) is 5.56 Å². The number of amides is 1. The Hall–Kier alpha value is -2.93. The number of thioether (sulfide) groups is 1. The zero-order valence-corrected chi connectivity index (χ0v) is 17.7. The predicted octanol–water partition coefficient (Wildman–Crippen LogP) is 3.76. The Labute approximate surface area is 174 Å². The van der Waals surface area contributed by atoms with E-state index >= 15 is 0 Å². The van der Waals surface area contributed by atoms with Gasteiger partial charge < -0.3 is 10.1 Å². The highest BCUT2D eigenvalue weighted by atomic mass is 32.2. The van der Waals surface area contributed by atoms with Gasteiger partial charge in [0.1, 0.15) is 11.4 Å². The molecule has 1 N–H and O–H groups in total. The quantitative estimate of drug-likeness (QED) is 0.613. The number of benzene rings is 2. The van der Waals surface area contributed by atoms with E-state index in [0.717, 1.165) is 17.0 Å². The van der Waals surface area contributed by atoms with Gasteiger partial charge >= 0.3 is 0 Å². The maximum Gasteiger partial charge on any atom is 0.295 e. The van der Waals surface area contributed by atoms with Gasteiger partial charge in [0.05, 0.1) is 23.7 Å². The van der Waals surface area contributed by atoms with Gasteiger partial charge in [-0.2, -0.15) is 0 Å². The molecule has 0 aliphatic rings. The van der Waals surface area contributed by atoms with Crippen LogP contribution in [0, 0.1) is 6.92 Å². The maximum absolute atomic E-state index is 12.9. The van der Waals surface area contributed by atoms with Gasteiger partial charge in [0.2, 0.25) is 5.91 Å². The summed E-state index contributed by atoms with van der Waals surface area (Å²) in [5, 5.41) is 2.79. The minimum Gasteiger partial charge on any atom is -0.494 e. The highest BCUT2D eigenvalue weighted by Gasteiger charge is 2.18. The van der Waals surface area contributed by atoms with E-state index in [1.165, 1.54) is 11.8 Å². The largest absolute Gasteiger partial charge is 0.494 e. The summed E-state index contributed by atoms with van der Waals surface area (Å²) in [4.78, 5) is 25.3.